The van der Waals surface area contributed by atoms with E-state index in [1.54, 1.807) is 30.3 Å². The molecular formula is C24H26ClN5O2S. The van der Waals surface area contributed by atoms with Gasteiger partial charge in [0.05, 0.1) is 11.8 Å². The van der Waals surface area contributed by atoms with Crippen molar-refractivity contribution >= 4 is 35.2 Å². The lowest BCUT2D eigenvalue weighted by Crippen LogP contribution is -2.29. The number of aromatic nitrogens is 3. The van der Waals surface area contributed by atoms with Crippen LogP contribution in [0.15, 0.2) is 72.4 Å². The van der Waals surface area contributed by atoms with Crippen LogP contribution < -0.4 is 10.6 Å². The summed E-state index contributed by atoms with van der Waals surface area (Å²) in [5.74, 6) is 0.494. The molecule has 33 heavy (non-hydrogen) atoms. The first kappa shape index (κ1) is 24.5. The van der Waals surface area contributed by atoms with Crippen LogP contribution in [-0.2, 0) is 17.8 Å². The molecule has 0 bridgehead atoms. The Labute approximate surface area is 202 Å². The van der Waals surface area contributed by atoms with Crippen LogP contribution in [0.3, 0.4) is 0 Å². The van der Waals surface area contributed by atoms with E-state index in [2.05, 4.69) is 27.4 Å². The molecule has 3 aromatic rings. The van der Waals surface area contributed by atoms with Gasteiger partial charge in [-0.3, -0.25) is 9.59 Å². The summed E-state index contributed by atoms with van der Waals surface area (Å²) < 4.78 is 1.85. The van der Waals surface area contributed by atoms with Crippen LogP contribution in [-0.4, -0.2) is 38.9 Å². The maximum Gasteiger partial charge on any atom is 0.251 e. The predicted octanol–water partition coefficient (Wildman–Crippen LogP) is 4.06. The molecule has 1 atom stereocenters. The van der Waals surface area contributed by atoms with Gasteiger partial charge < -0.3 is 15.2 Å². The van der Waals surface area contributed by atoms with Crippen LogP contribution >= 0.6 is 23.4 Å². The number of allylic oxidation sites excluding steroid dienone is 1. The minimum Gasteiger partial charge on any atom is -0.355 e. The molecule has 172 valence electrons. The SMILES string of the molecule is C=CCn1c(SCC(=O)NCCc2ccccc2)nnc1[C@@H](C)NC(=O)c1ccc(Cl)cc1. The molecule has 0 unspecified atom stereocenters. The Bertz CT molecular complexity index is 1090. The van der Waals surface area contributed by atoms with E-state index >= 15 is 0 Å². The second-order valence-corrected chi connectivity index (χ2v) is 8.70. The number of halogens is 1. The molecule has 0 aliphatic heterocycles. The molecular weight excluding hydrogens is 458 g/mol. The van der Waals surface area contributed by atoms with Crippen molar-refractivity contribution in [2.24, 2.45) is 0 Å². The molecule has 0 aliphatic rings. The third kappa shape index (κ3) is 7.20. The van der Waals surface area contributed by atoms with Crippen LogP contribution in [0.4, 0.5) is 0 Å². The zero-order chi connectivity index (χ0) is 23.6. The Morgan fingerprint density at radius 2 is 1.88 bits per heavy atom. The van der Waals surface area contributed by atoms with Crippen LogP contribution in [0.25, 0.3) is 0 Å². The zero-order valence-electron chi connectivity index (χ0n) is 18.3. The number of amides is 2. The lowest BCUT2D eigenvalue weighted by molar-refractivity contribution is -0.118. The van der Waals surface area contributed by atoms with Gasteiger partial charge in [-0.05, 0) is 43.2 Å². The van der Waals surface area contributed by atoms with Crippen molar-refractivity contribution in [3.63, 3.8) is 0 Å². The second-order valence-electron chi connectivity index (χ2n) is 7.32. The summed E-state index contributed by atoms with van der Waals surface area (Å²) in [6, 6.07) is 16.3. The van der Waals surface area contributed by atoms with Crippen LogP contribution in [0, 0.1) is 0 Å². The van der Waals surface area contributed by atoms with Gasteiger partial charge in [-0.15, -0.1) is 16.8 Å². The number of benzene rings is 2. The average Bonchev–Trinajstić information content (AvgIpc) is 3.21. The predicted molar refractivity (Wildman–Crippen MR) is 131 cm³/mol. The number of nitrogens with zero attached hydrogens (tertiary/aromatic N) is 3. The Morgan fingerprint density at radius 1 is 1.15 bits per heavy atom. The van der Waals surface area contributed by atoms with Crippen molar-refractivity contribution in [2.45, 2.75) is 31.1 Å². The maximum atomic E-state index is 12.5. The van der Waals surface area contributed by atoms with Crippen LogP contribution in [0.1, 0.15) is 34.7 Å². The summed E-state index contributed by atoms with van der Waals surface area (Å²) >= 11 is 7.19. The van der Waals surface area contributed by atoms with Gasteiger partial charge in [-0.1, -0.05) is 59.8 Å². The number of carbonyl (C=O) groups excluding carboxylic acids is 2. The van der Waals surface area contributed by atoms with Gasteiger partial charge in [0.1, 0.15) is 0 Å². The molecule has 7 nitrogen and oxygen atoms in total. The lowest BCUT2D eigenvalue weighted by atomic mass is 10.1. The molecule has 1 aromatic heterocycles. The van der Waals surface area contributed by atoms with Gasteiger partial charge in [0, 0.05) is 23.7 Å². The molecule has 9 heteroatoms. The topological polar surface area (TPSA) is 88.9 Å². The van der Waals surface area contributed by atoms with E-state index in [4.69, 9.17) is 11.6 Å². The molecule has 0 spiro atoms. The highest BCUT2D eigenvalue weighted by Crippen LogP contribution is 2.21. The second kappa shape index (κ2) is 12.2. The first-order valence-electron chi connectivity index (χ1n) is 10.5. The zero-order valence-corrected chi connectivity index (χ0v) is 19.9. The van der Waals surface area contributed by atoms with Crippen molar-refractivity contribution < 1.29 is 9.59 Å². The minimum absolute atomic E-state index is 0.0743. The van der Waals surface area contributed by atoms with Crippen molar-refractivity contribution in [1.29, 1.82) is 0 Å². The highest BCUT2D eigenvalue weighted by atomic mass is 35.5. The summed E-state index contributed by atoms with van der Waals surface area (Å²) in [5.41, 5.74) is 1.68. The lowest BCUT2D eigenvalue weighted by Gasteiger charge is -2.15. The van der Waals surface area contributed by atoms with E-state index in [0.717, 1.165) is 6.42 Å². The van der Waals surface area contributed by atoms with Gasteiger partial charge >= 0.3 is 0 Å². The van der Waals surface area contributed by atoms with Gasteiger partial charge in [-0.25, -0.2) is 0 Å². The third-order valence-corrected chi connectivity index (χ3v) is 6.03. The highest BCUT2D eigenvalue weighted by Gasteiger charge is 2.20. The number of hydrogen-bond acceptors (Lipinski definition) is 5. The number of thioether (sulfide) groups is 1. The van der Waals surface area contributed by atoms with Crippen molar-refractivity contribution in [3.8, 4) is 0 Å². The number of rotatable bonds is 11. The Hall–Kier alpha value is -3.10. The molecule has 2 aromatic carbocycles. The maximum absolute atomic E-state index is 12.5. The molecule has 3 rings (SSSR count). The molecule has 0 aliphatic carbocycles. The largest absolute Gasteiger partial charge is 0.355 e. The van der Waals surface area contributed by atoms with Gasteiger partial charge in [0.25, 0.3) is 5.91 Å². The number of nitrogens with one attached hydrogen (secondary N) is 2. The Kier molecular flexibility index (Phi) is 9.09. The van der Waals surface area contributed by atoms with Gasteiger partial charge in [-0.2, -0.15) is 0 Å². The fourth-order valence-corrected chi connectivity index (χ4v) is 4.06. The number of hydrogen-bond donors (Lipinski definition) is 2. The smallest absolute Gasteiger partial charge is 0.251 e. The average molecular weight is 484 g/mol. The summed E-state index contributed by atoms with van der Waals surface area (Å²) in [7, 11) is 0. The molecule has 0 radical (unpaired) electrons. The van der Waals surface area contributed by atoms with Crippen molar-refractivity contribution in [1.82, 2.24) is 25.4 Å². The van der Waals surface area contributed by atoms with Gasteiger partial charge in [0.15, 0.2) is 11.0 Å². The quantitative estimate of drug-likeness (QED) is 0.317. The van der Waals surface area contributed by atoms with E-state index in [9.17, 15) is 9.59 Å². The summed E-state index contributed by atoms with van der Waals surface area (Å²) in [4.78, 5) is 24.8. The van der Waals surface area contributed by atoms with E-state index in [1.165, 1.54) is 17.3 Å². The van der Waals surface area contributed by atoms with E-state index in [-0.39, 0.29) is 17.6 Å². The number of carbonyl (C=O) groups is 2. The fourth-order valence-electron chi connectivity index (χ4n) is 3.15. The standard InChI is InChI=1S/C24H26ClN5O2S/c1-3-15-30-22(17(2)27-23(32)19-9-11-20(25)12-10-19)28-29-24(30)33-16-21(31)26-14-13-18-7-5-4-6-8-18/h3-12,17H,1,13-16H2,2H3,(H,26,31)(H,27,32)/t17-/m1/s1. The molecule has 2 amide bonds. The van der Waals surface area contributed by atoms with Crippen molar-refractivity contribution in [2.75, 3.05) is 12.3 Å². The minimum atomic E-state index is -0.394. The third-order valence-electron chi connectivity index (χ3n) is 4.81. The van der Waals surface area contributed by atoms with Crippen molar-refractivity contribution in [3.05, 3.63) is 89.2 Å². The molecule has 0 saturated heterocycles. The fraction of sp³-hybridized carbons (Fsp3) is 0.250. The monoisotopic (exact) mass is 483 g/mol. The van der Waals surface area contributed by atoms with Crippen LogP contribution in [0.2, 0.25) is 5.02 Å². The molecule has 0 saturated carbocycles. The van der Waals surface area contributed by atoms with Gasteiger partial charge in [0.2, 0.25) is 5.91 Å². The summed E-state index contributed by atoms with van der Waals surface area (Å²) in [6.45, 7) is 6.66. The molecule has 0 fully saturated rings. The molecule has 1 heterocycles. The van der Waals surface area contributed by atoms with Crippen LogP contribution in [0.5, 0.6) is 0 Å². The summed E-state index contributed by atoms with van der Waals surface area (Å²) in [6.07, 6.45) is 2.50. The first-order valence-corrected chi connectivity index (χ1v) is 11.9. The normalized spacial score (nSPS) is 11.6. The Balaban J connectivity index is 1.56. The summed E-state index contributed by atoms with van der Waals surface area (Å²) in [5, 5.41) is 15.5. The molecule has 2 N–H and O–H groups in total. The van der Waals surface area contributed by atoms with E-state index < -0.39 is 6.04 Å². The van der Waals surface area contributed by atoms with E-state index in [0.29, 0.717) is 34.7 Å². The first-order chi connectivity index (χ1) is 16.0. The van der Waals surface area contributed by atoms with E-state index in [1.807, 2.05) is 41.8 Å². The Morgan fingerprint density at radius 3 is 2.58 bits per heavy atom. The highest BCUT2D eigenvalue weighted by molar-refractivity contribution is 7.99.